The molecule has 0 aliphatic rings. The first-order valence-electron chi connectivity index (χ1n) is 6.42. The van der Waals surface area contributed by atoms with Gasteiger partial charge in [-0.2, -0.15) is 0 Å². The van der Waals surface area contributed by atoms with E-state index in [-0.39, 0.29) is 6.17 Å². The lowest BCUT2D eigenvalue weighted by molar-refractivity contribution is 0.572. The summed E-state index contributed by atoms with van der Waals surface area (Å²) < 4.78 is 0.901. The van der Waals surface area contributed by atoms with Crippen LogP contribution in [0.3, 0.4) is 0 Å². The maximum atomic E-state index is 6.39. The Morgan fingerprint density at radius 2 is 2.14 bits per heavy atom. The lowest BCUT2D eigenvalue weighted by atomic mass is 10.0. The van der Waals surface area contributed by atoms with E-state index in [1.165, 1.54) is 0 Å². The van der Waals surface area contributed by atoms with Gasteiger partial charge in [0, 0.05) is 22.8 Å². The molecule has 22 heavy (non-hydrogen) atoms. The largest absolute Gasteiger partial charge is 0.291 e. The number of halogens is 3. The van der Waals surface area contributed by atoms with Gasteiger partial charge in [0.2, 0.25) is 0 Å². The third-order valence-electron chi connectivity index (χ3n) is 3.00. The molecule has 1 aromatic carbocycles. The number of nitrogens with one attached hydrogen (secondary N) is 1. The van der Waals surface area contributed by atoms with Crippen LogP contribution >= 0.6 is 51.3 Å². The molecule has 1 aromatic heterocycles. The first-order chi connectivity index (χ1) is 10.5. The summed E-state index contributed by atoms with van der Waals surface area (Å²) >= 11 is 20.5. The molecule has 1 atom stereocenters. The number of aliphatic imine (C=N–C) groups is 1. The van der Waals surface area contributed by atoms with E-state index in [0.29, 0.717) is 16.6 Å². The SMILES string of the molecule is CC(N=C=S)NCc1ccc(Cl)c(Cl)c1-c1ccc(Br)cn1. The molecule has 7 heteroatoms. The molecule has 1 unspecified atom stereocenters. The van der Waals surface area contributed by atoms with Crippen LogP contribution in [0.5, 0.6) is 0 Å². The quantitative estimate of drug-likeness (QED) is 0.526. The molecule has 0 aliphatic heterocycles. The van der Waals surface area contributed by atoms with Crippen molar-refractivity contribution >= 4 is 56.5 Å². The zero-order chi connectivity index (χ0) is 16.1. The van der Waals surface area contributed by atoms with Gasteiger partial charge in [-0.05, 0) is 58.8 Å². The van der Waals surface area contributed by atoms with Crippen LogP contribution in [-0.4, -0.2) is 16.3 Å². The van der Waals surface area contributed by atoms with E-state index in [1.54, 1.807) is 12.3 Å². The van der Waals surface area contributed by atoms with Gasteiger partial charge in [-0.1, -0.05) is 29.3 Å². The van der Waals surface area contributed by atoms with Gasteiger partial charge < -0.3 is 0 Å². The minimum absolute atomic E-state index is 0.127. The van der Waals surface area contributed by atoms with Crippen molar-refractivity contribution in [2.75, 3.05) is 0 Å². The molecule has 0 saturated heterocycles. The van der Waals surface area contributed by atoms with Gasteiger partial charge in [0.05, 0.1) is 20.9 Å². The topological polar surface area (TPSA) is 37.3 Å². The van der Waals surface area contributed by atoms with Crippen molar-refractivity contribution in [2.24, 2.45) is 4.99 Å². The molecule has 0 amide bonds. The van der Waals surface area contributed by atoms with Gasteiger partial charge in [0.25, 0.3) is 0 Å². The maximum absolute atomic E-state index is 6.39. The highest BCUT2D eigenvalue weighted by molar-refractivity contribution is 9.10. The van der Waals surface area contributed by atoms with E-state index in [1.807, 2.05) is 25.1 Å². The highest BCUT2D eigenvalue weighted by Gasteiger charge is 2.14. The number of aromatic nitrogens is 1. The Bertz CT molecular complexity index is 715. The maximum Gasteiger partial charge on any atom is 0.107 e. The molecule has 114 valence electrons. The van der Waals surface area contributed by atoms with E-state index in [9.17, 15) is 0 Å². The first kappa shape index (κ1) is 17.5. The van der Waals surface area contributed by atoms with Gasteiger partial charge in [-0.15, -0.1) is 0 Å². The van der Waals surface area contributed by atoms with E-state index in [2.05, 4.69) is 48.6 Å². The average molecular weight is 417 g/mol. The smallest absolute Gasteiger partial charge is 0.107 e. The molecule has 0 radical (unpaired) electrons. The zero-order valence-corrected chi connectivity index (χ0v) is 15.5. The number of rotatable bonds is 5. The fraction of sp³-hybridized carbons (Fsp3) is 0.200. The Morgan fingerprint density at radius 3 is 2.77 bits per heavy atom. The fourth-order valence-electron chi connectivity index (χ4n) is 1.92. The molecule has 1 heterocycles. The second-order valence-electron chi connectivity index (χ2n) is 4.53. The number of hydrogen-bond donors (Lipinski definition) is 1. The van der Waals surface area contributed by atoms with Crippen LogP contribution in [-0.2, 0) is 6.54 Å². The molecule has 0 aliphatic carbocycles. The number of pyridine rings is 1. The van der Waals surface area contributed by atoms with Crippen molar-refractivity contribution in [3.63, 3.8) is 0 Å². The standard InChI is InChI=1S/C15H12BrCl2N3S/c1-9(21-8-22)19-6-10-2-4-12(17)15(18)14(10)13-5-3-11(16)7-20-13/h2-5,7,9,19H,6H2,1H3. The Morgan fingerprint density at radius 1 is 1.36 bits per heavy atom. The van der Waals surface area contributed by atoms with Crippen LogP contribution in [0.1, 0.15) is 12.5 Å². The van der Waals surface area contributed by atoms with Crippen molar-refractivity contribution in [3.05, 3.63) is 50.5 Å². The second kappa shape index (κ2) is 8.16. The highest BCUT2D eigenvalue weighted by atomic mass is 79.9. The number of nitrogens with zero attached hydrogens (tertiary/aromatic N) is 2. The molecule has 0 spiro atoms. The summed E-state index contributed by atoms with van der Waals surface area (Å²) in [6.45, 7) is 2.46. The van der Waals surface area contributed by atoms with Crippen LogP contribution in [0.4, 0.5) is 0 Å². The monoisotopic (exact) mass is 415 g/mol. The summed E-state index contributed by atoms with van der Waals surface area (Å²) in [5.74, 6) is 0. The van der Waals surface area contributed by atoms with Gasteiger partial charge in [-0.3, -0.25) is 10.3 Å². The third kappa shape index (κ3) is 4.35. The van der Waals surface area contributed by atoms with Crippen molar-refractivity contribution in [1.29, 1.82) is 0 Å². The molecule has 3 nitrogen and oxygen atoms in total. The minimum Gasteiger partial charge on any atom is -0.291 e. The van der Waals surface area contributed by atoms with Gasteiger partial charge in [-0.25, -0.2) is 4.99 Å². The van der Waals surface area contributed by atoms with Crippen LogP contribution in [0.2, 0.25) is 10.0 Å². The van der Waals surface area contributed by atoms with Crippen LogP contribution in [0.25, 0.3) is 11.3 Å². The van der Waals surface area contributed by atoms with Crippen molar-refractivity contribution in [3.8, 4) is 11.3 Å². The molecule has 2 rings (SSSR count). The molecule has 0 saturated carbocycles. The lowest BCUT2D eigenvalue weighted by Crippen LogP contribution is -2.23. The summed E-state index contributed by atoms with van der Waals surface area (Å²) in [5.41, 5.74) is 2.56. The van der Waals surface area contributed by atoms with Crippen molar-refractivity contribution in [1.82, 2.24) is 10.3 Å². The summed E-state index contributed by atoms with van der Waals surface area (Å²) in [6, 6.07) is 7.50. The molecular formula is C15H12BrCl2N3S. The van der Waals surface area contributed by atoms with E-state index < -0.39 is 0 Å². The molecular weight excluding hydrogens is 405 g/mol. The third-order valence-corrected chi connectivity index (χ3v) is 4.38. The van der Waals surface area contributed by atoms with Crippen molar-refractivity contribution < 1.29 is 0 Å². The first-order valence-corrected chi connectivity index (χ1v) is 8.38. The lowest BCUT2D eigenvalue weighted by Gasteiger charge is -2.14. The summed E-state index contributed by atoms with van der Waals surface area (Å²) in [7, 11) is 0. The van der Waals surface area contributed by atoms with Gasteiger partial charge in [0.1, 0.15) is 6.17 Å². The Kier molecular flexibility index (Phi) is 6.50. The number of thiocarbonyl (C=S) groups is 1. The number of hydrogen-bond acceptors (Lipinski definition) is 4. The Labute approximate surface area is 152 Å². The van der Waals surface area contributed by atoms with E-state index in [0.717, 1.165) is 21.3 Å². The predicted octanol–water partition coefficient (Wildman–Crippen LogP) is 5.36. The van der Waals surface area contributed by atoms with E-state index in [4.69, 9.17) is 23.2 Å². The van der Waals surface area contributed by atoms with Crippen molar-refractivity contribution in [2.45, 2.75) is 19.6 Å². The molecule has 0 bridgehead atoms. The molecule has 1 N–H and O–H groups in total. The number of isothiocyanates is 1. The van der Waals surface area contributed by atoms with Crippen LogP contribution in [0, 0.1) is 0 Å². The predicted molar refractivity (Wildman–Crippen MR) is 98.7 cm³/mol. The average Bonchev–Trinajstić information content (AvgIpc) is 2.50. The summed E-state index contributed by atoms with van der Waals surface area (Å²) in [6.07, 6.45) is 1.60. The van der Waals surface area contributed by atoms with E-state index >= 15 is 0 Å². The summed E-state index contributed by atoms with van der Waals surface area (Å²) in [5, 5.41) is 6.57. The number of benzene rings is 1. The fourth-order valence-corrected chi connectivity index (χ4v) is 2.75. The van der Waals surface area contributed by atoms with Gasteiger partial charge in [0.15, 0.2) is 0 Å². The van der Waals surface area contributed by atoms with Gasteiger partial charge >= 0.3 is 0 Å². The molecule has 2 aromatic rings. The minimum atomic E-state index is -0.127. The normalized spacial score (nSPS) is 11.8. The summed E-state index contributed by atoms with van der Waals surface area (Å²) in [4.78, 5) is 8.37. The highest BCUT2D eigenvalue weighted by Crippen LogP contribution is 2.36. The second-order valence-corrected chi connectivity index (χ2v) is 6.42. The Balaban J connectivity index is 2.39. The zero-order valence-electron chi connectivity index (χ0n) is 11.6. The molecule has 0 fully saturated rings. The Hall–Kier alpha value is -0.810. The van der Waals surface area contributed by atoms with Crippen LogP contribution in [0.15, 0.2) is 39.9 Å². The van der Waals surface area contributed by atoms with Crippen LogP contribution < -0.4 is 5.32 Å².